The van der Waals surface area contributed by atoms with Crippen LogP contribution in [-0.4, -0.2) is 28.3 Å². The third kappa shape index (κ3) is 3.28. The van der Waals surface area contributed by atoms with Gasteiger partial charge in [0.1, 0.15) is 5.25 Å². The first-order valence-corrected chi connectivity index (χ1v) is 8.90. The number of carbonyl (C=O) groups excluding carboxylic acids is 2. The predicted octanol–water partition coefficient (Wildman–Crippen LogP) is 2.92. The highest BCUT2D eigenvalue weighted by molar-refractivity contribution is 8.15. The van der Waals surface area contributed by atoms with E-state index >= 15 is 0 Å². The molecule has 1 aliphatic heterocycles. The average Bonchev–Trinajstić information content (AvgIpc) is 3.32. The zero-order chi connectivity index (χ0) is 16.5. The van der Waals surface area contributed by atoms with Crippen LogP contribution in [0.2, 0.25) is 0 Å². The summed E-state index contributed by atoms with van der Waals surface area (Å²) in [5.41, 5.74) is 0.772. The molecule has 0 spiro atoms. The van der Waals surface area contributed by atoms with Gasteiger partial charge in [0.15, 0.2) is 5.17 Å². The van der Waals surface area contributed by atoms with Crippen molar-refractivity contribution in [2.45, 2.75) is 30.6 Å². The molecular weight excluding hydrogens is 322 g/mol. The van der Waals surface area contributed by atoms with Crippen LogP contribution in [0.4, 0.5) is 5.69 Å². The second-order valence-corrected chi connectivity index (χ2v) is 7.23. The number of benzene rings is 2. The van der Waals surface area contributed by atoms with E-state index in [1.54, 1.807) is 0 Å². The largest absolute Gasteiger partial charge is 0.325 e. The molecule has 2 N–H and O–H groups in total. The SMILES string of the molecule is O=C(C[C@H]1SC(=NC2CC2)NC1=O)Nc1cccc2ccccc12. The van der Waals surface area contributed by atoms with Crippen LogP contribution in [0.15, 0.2) is 47.5 Å². The van der Waals surface area contributed by atoms with E-state index in [0.717, 1.165) is 29.3 Å². The van der Waals surface area contributed by atoms with Gasteiger partial charge in [0.25, 0.3) is 0 Å². The van der Waals surface area contributed by atoms with Crippen molar-refractivity contribution in [3.63, 3.8) is 0 Å². The number of fused-ring (bicyclic) bond motifs is 1. The number of aliphatic imine (C=N–C) groups is 1. The van der Waals surface area contributed by atoms with Gasteiger partial charge in [-0.3, -0.25) is 14.6 Å². The summed E-state index contributed by atoms with van der Waals surface area (Å²) in [5.74, 6) is -0.292. The number of amidine groups is 1. The highest BCUT2D eigenvalue weighted by atomic mass is 32.2. The number of carbonyl (C=O) groups is 2. The van der Waals surface area contributed by atoms with E-state index in [9.17, 15) is 9.59 Å². The highest BCUT2D eigenvalue weighted by Crippen LogP contribution is 2.29. The van der Waals surface area contributed by atoms with Crippen LogP contribution < -0.4 is 10.6 Å². The fraction of sp³-hybridized carbons (Fsp3) is 0.278. The predicted molar refractivity (Wildman–Crippen MR) is 97.2 cm³/mol. The molecule has 0 aromatic heterocycles. The van der Waals surface area contributed by atoms with E-state index in [1.165, 1.54) is 11.8 Å². The summed E-state index contributed by atoms with van der Waals surface area (Å²) >= 11 is 1.36. The molecule has 1 aliphatic carbocycles. The first-order valence-electron chi connectivity index (χ1n) is 8.02. The monoisotopic (exact) mass is 339 g/mol. The van der Waals surface area contributed by atoms with Crippen molar-refractivity contribution in [1.29, 1.82) is 0 Å². The molecule has 0 unspecified atom stereocenters. The first kappa shape index (κ1) is 15.2. The molecule has 6 heteroatoms. The maximum absolute atomic E-state index is 12.4. The minimum Gasteiger partial charge on any atom is -0.325 e. The molecule has 0 radical (unpaired) electrons. The quantitative estimate of drug-likeness (QED) is 0.900. The summed E-state index contributed by atoms with van der Waals surface area (Å²) in [4.78, 5) is 28.8. The Labute approximate surface area is 143 Å². The molecule has 122 valence electrons. The molecule has 1 saturated carbocycles. The van der Waals surface area contributed by atoms with Crippen molar-refractivity contribution in [1.82, 2.24) is 5.32 Å². The lowest BCUT2D eigenvalue weighted by Gasteiger charge is -2.10. The van der Waals surface area contributed by atoms with Gasteiger partial charge in [-0.2, -0.15) is 0 Å². The molecule has 0 bridgehead atoms. The Morgan fingerprint density at radius 3 is 2.83 bits per heavy atom. The lowest BCUT2D eigenvalue weighted by molar-refractivity contribution is -0.122. The normalized spacial score (nSPS) is 21.9. The Morgan fingerprint density at radius 2 is 2.00 bits per heavy atom. The second-order valence-electron chi connectivity index (χ2n) is 6.04. The van der Waals surface area contributed by atoms with Crippen molar-refractivity contribution < 1.29 is 9.59 Å². The Balaban J connectivity index is 1.44. The maximum Gasteiger partial charge on any atom is 0.240 e. The Kier molecular flexibility index (Phi) is 3.98. The number of hydrogen-bond donors (Lipinski definition) is 2. The van der Waals surface area contributed by atoms with Crippen molar-refractivity contribution in [3.8, 4) is 0 Å². The Morgan fingerprint density at radius 1 is 1.21 bits per heavy atom. The average molecular weight is 339 g/mol. The number of thioether (sulfide) groups is 1. The highest BCUT2D eigenvalue weighted by Gasteiger charge is 2.33. The van der Waals surface area contributed by atoms with Gasteiger partial charge in [-0.1, -0.05) is 48.2 Å². The smallest absolute Gasteiger partial charge is 0.240 e. The summed E-state index contributed by atoms with van der Waals surface area (Å²) in [6, 6.07) is 14.0. The van der Waals surface area contributed by atoms with E-state index in [-0.39, 0.29) is 18.2 Å². The van der Waals surface area contributed by atoms with Gasteiger partial charge in [0, 0.05) is 17.5 Å². The molecule has 1 heterocycles. The van der Waals surface area contributed by atoms with E-state index in [4.69, 9.17) is 0 Å². The Hall–Kier alpha value is -2.34. The number of anilines is 1. The third-order valence-corrected chi connectivity index (χ3v) is 5.15. The van der Waals surface area contributed by atoms with Crippen LogP contribution in [-0.2, 0) is 9.59 Å². The molecule has 1 atom stereocenters. The number of hydrogen-bond acceptors (Lipinski definition) is 4. The summed E-state index contributed by atoms with van der Waals surface area (Å²) in [7, 11) is 0. The van der Waals surface area contributed by atoms with Crippen molar-refractivity contribution >= 4 is 45.2 Å². The summed E-state index contributed by atoms with van der Waals surface area (Å²) in [6.07, 6.45) is 2.32. The maximum atomic E-state index is 12.4. The topological polar surface area (TPSA) is 70.6 Å². The van der Waals surface area contributed by atoms with Crippen molar-refractivity contribution in [2.24, 2.45) is 4.99 Å². The molecule has 2 aliphatic rings. The molecule has 2 aromatic rings. The fourth-order valence-corrected chi connectivity index (χ4v) is 3.71. The van der Waals surface area contributed by atoms with E-state index in [1.807, 2.05) is 42.5 Å². The van der Waals surface area contributed by atoms with Gasteiger partial charge in [0.05, 0.1) is 6.04 Å². The van der Waals surface area contributed by atoms with Crippen LogP contribution in [0.1, 0.15) is 19.3 Å². The van der Waals surface area contributed by atoms with E-state index in [0.29, 0.717) is 11.2 Å². The number of rotatable bonds is 4. The van der Waals surface area contributed by atoms with E-state index < -0.39 is 5.25 Å². The van der Waals surface area contributed by atoms with Gasteiger partial charge in [-0.15, -0.1) is 0 Å². The molecule has 1 saturated heterocycles. The summed E-state index contributed by atoms with van der Waals surface area (Å²) in [5, 5.41) is 8.01. The van der Waals surface area contributed by atoms with Gasteiger partial charge in [0.2, 0.25) is 11.8 Å². The second kappa shape index (κ2) is 6.28. The number of amides is 2. The lowest BCUT2D eigenvalue weighted by Crippen LogP contribution is -2.28. The van der Waals surface area contributed by atoms with Gasteiger partial charge < -0.3 is 10.6 Å². The zero-order valence-corrected chi connectivity index (χ0v) is 13.8. The first-order chi connectivity index (χ1) is 11.7. The fourth-order valence-electron chi connectivity index (χ4n) is 2.67. The molecule has 4 rings (SSSR count). The van der Waals surface area contributed by atoms with Gasteiger partial charge in [-0.25, -0.2) is 0 Å². The van der Waals surface area contributed by atoms with Crippen molar-refractivity contribution in [2.75, 3.05) is 5.32 Å². The van der Waals surface area contributed by atoms with Crippen molar-refractivity contribution in [3.05, 3.63) is 42.5 Å². The molecule has 24 heavy (non-hydrogen) atoms. The van der Waals surface area contributed by atoms with Crippen LogP contribution in [0.5, 0.6) is 0 Å². The molecule has 2 amide bonds. The molecule has 2 fully saturated rings. The number of nitrogens with one attached hydrogen (secondary N) is 2. The molecule has 5 nitrogen and oxygen atoms in total. The number of nitrogens with zero attached hydrogens (tertiary/aromatic N) is 1. The molecular formula is C18H17N3O2S. The standard InChI is InChI=1S/C18H17N3O2S/c22-16(10-15-17(23)21-18(24-15)19-12-8-9-12)20-14-7-3-5-11-4-1-2-6-13(11)14/h1-7,12,15H,8-10H2,(H,20,22)(H,19,21,23)/t15-/m1/s1. The van der Waals surface area contributed by atoms with Gasteiger partial charge in [-0.05, 0) is 24.3 Å². The van der Waals surface area contributed by atoms with E-state index in [2.05, 4.69) is 15.6 Å². The molecule has 2 aromatic carbocycles. The van der Waals surface area contributed by atoms with Crippen LogP contribution in [0, 0.1) is 0 Å². The zero-order valence-electron chi connectivity index (χ0n) is 13.0. The Bertz CT molecular complexity index is 840. The van der Waals surface area contributed by atoms with Gasteiger partial charge >= 0.3 is 0 Å². The lowest BCUT2D eigenvalue weighted by atomic mass is 10.1. The third-order valence-electron chi connectivity index (χ3n) is 4.06. The summed E-state index contributed by atoms with van der Waals surface area (Å²) < 4.78 is 0. The van der Waals surface area contributed by atoms with Crippen LogP contribution in [0.25, 0.3) is 10.8 Å². The minimum absolute atomic E-state index is 0.132. The summed E-state index contributed by atoms with van der Waals surface area (Å²) in [6.45, 7) is 0. The van der Waals surface area contributed by atoms with Crippen LogP contribution >= 0.6 is 11.8 Å². The van der Waals surface area contributed by atoms with Crippen LogP contribution in [0.3, 0.4) is 0 Å². The minimum atomic E-state index is -0.405.